The Bertz CT molecular complexity index is 718. The Morgan fingerprint density at radius 2 is 1.44 bits per heavy atom. The van der Waals surface area contributed by atoms with Gasteiger partial charge >= 0.3 is 162 Å². The summed E-state index contributed by atoms with van der Waals surface area (Å²) in [6, 6.07) is 12.5. The van der Waals surface area contributed by atoms with Crippen molar-refractivity contribution in [1.82, 2.24) is 4.98 Å². The molecule has 1 heterocycles. The van der Waals surface area contributed by atoms with E-state index in [-0.39, 0.29) is 5.56 Å². The average molecular weight is 401 g/mol. The maximum atomic E-state index is 7.50. The Balaban J connectivity index is 2.39. The van der Waals surface area contributed by atoms with Crippen LogP contribution in [0.25, 0.3) is 11.3 Å². The van der Waals surface area contributed by atoms with Crippen molar-refractivity contribution < 1.29 is 4.11 Å². The van der Waals surface area contributed by atoms with Crippen LogP contribution in [-0.2, 0) is 0 Å². The predicted molar refractivity (Wildman–Crippen MR) is 114 cm³/mol. The van der Waals surface area contributed by atoms with Crippen molar-refractivity contribution in [3.63, 3.8) is 0 Å². The molecule has 136 valence electrons. The van der Waals surface area contributed by atoms with Gasteiger partial charge < -0.3 is 0 Å². The van der Waals surface area contributed by atoms with Gasteiger partial charge in [0.25, 0.3) is 0 Å². The summed E-state index contributed by atoms with van der Waals surface area (Å²) in [7, 11) is 0. The molecule has 0 amide bonds. The van der Waals surface area contributed by atoms with Gasteiger partial charge in [0.05, 0.1) is 0 Å². The van der Waals surface area contributed by atoms with Crippen molar-refractivity contribution in [3.05, 3.63) is 48.2 Å². The van der Waals surface area contributed by atoms with Crippen molar-refractivity contribution in [2.24, 2.45) is 0 Å². The van der Waals surface area contributed by atoms with E-state index in [4.69, 9.17) is 4.11 Å². The van der Waals surface area contributed by atoms with Gasteiger partial charge in [0.1, 0.15) is 0 Å². The Kier molecular flexibility index (Phi) is 5.82. The van der Waals surface area contributed by atoms with E-state index in [1.54, 1.807) is 10.5 Å². The summed E-state index contributed by atoms with van der Waals surface area (Å²) in [6.45, 7) is 7.31. The fraction of sp³-hybridized carbons (Fsp3) is 0.522. The van der Waals surface area contributed by atoms with E-state index in [1.807, 2.05) is 6.07 Å². The third-order valence-corrected chi connectivity index (χ3v) is 20.1. The number of aromatic nitrogens is 1. The Hall–Kier alpha value is -1.09. The van der Waals surface area contributed by atoms with Crippen LogP contribution >= 0.6 is 0 Å². The van der Waals surface area contributed by atoms with Crippen molar-refractivity contribution >= 4 is 17.7 Å². The Morgan fingerprint density at radius 3 is 1.84 bits per heavy atom. The van der Waals surface area contributed by atoms with Crippen LogP contribution in [0.2, 0.25) is 15.3 Å². The first-order chi connectivity index (χ1) is 13.2. The van der Waals surface area contributed by atoms with Crippen molar-refractivity contribution in [3.8, 4) is 11.3 Å². The summed E-state index contributed by atoms with van der Waals surface area (Å²) < 4.78 is 25.8. The molecule has 0 saturated carbocycles. The number of pyridine rings is 1. The van der Waals surface area contributed by atoms with Gasteiger partial charge in [0.2, 0.25) is 0 Å². The number of hydrogen-bond acceptors (Lipinski definition) is 1. The van der Waals surface area contributed by atoms with Gasteiger partial charge in [0.15, 0.2) is 0 Å². The monoisotopic (exact) mass is 402 g/mol. The molecule has 2 heteroatoms. The predicted octanol–water partition coefficient (Wildman–Crippen LogP) is 6.72. The van der Waals surface area contributed by atoms with E-state index >= 15 is 0 Å². The van der Waals surface area contributed by atoms with Crippen LogP contribution in [0.15, 0.2) is 42.6 Å². The van der Waals surface area contributed by atoms with Crippen LogP contribution in [0, 0.1) is 6.85 Å². The number of nitrogens with zero attached hydrogens (tertiary/aromatic N) is 1. The van der Waals surface area contributed by atoms with Gasteiger partial charge in [-0.15, -0.1) is 0 Å². The fourth-order valence-corrected chi connectivity index (χ4v) is 17.0. The summed E-state index contributed by atoms with van der Waals surface area (Å²) in [5, 5.41) is 0. The first-order valence-corrected chi connectivity index (χ1v) is 15.4. The van der Waals surface area contributed by atoms with Gasteiger partial charge in [-0.25, -0.2) is 0 Å². The second kappa shape index (κ2) is 9.03. The molecule has 1 aromatic heterocycles. The molecule has 0 atom stereocenters. The summed E-state index contributed by atoms with van der Waals surface area (Å²) >= 11 is -2.26. The molecule has 25 heavy (non-hydrogen) atoms. The molecule has 2 rings (SSSR count). The van der Waals surface area contributed by atoms with E-state index < -0.39 is 20.1 Å². The van der Waals surface area contributed by atoms with Gasteiger partial charge in [-0.05, 0) is 0 Å². The Labute approximate surface area is 161 Å². The standard InChI is InChI=1S/C23H35GeN/c1-7-20(8-2)24(6,21(9-3)10-4)22-14-12-19(13-15-22)23-16-11-18(5)17-25-23/h11-17,20-21H,7-10H2,1-6H3/i5D3. The van der Waals surface area contributed by atoms with Crippen molar-refractivity contribution in [2.75, 3.05) is 0 Å². The summed E-state index contributed by atoms with van der Waals surface area (Å²) in [6.07, 6.45) is 6.55. The molecule has 0 aliphatic rings. The summed E-state index contributed by atoms with van der Waals surface area (Å²) in [5.74, 6) is 2.63. The minimum absolute atomic E-state index is 0.290. The molecule has 0 unspecified atom stereocenters. The molecule has 0 aliphatic carbocycles. The van der Waals surface area contributed by atoms with Crippen LogP contribution < -0.4 is 4.40 Å². The molecule has 2 aromatic rings. The van der Waals surface area contributed by atoms with Crippen LogP contribution in [0.5, 0.6) is 0 Å². The van der Waals surface area contributed by atoms with Crippen molar-refractivity contribution in [2.45, 2.75) is 75.5 Å². The number of benzene rings is 1. The maximum absolute atomic E-state index is 7.50. The molecule has 1 nitrogen and oxygen atoms in total. The third kappa shape index (κ3) is 4.19. The first-order valence-electron chi connectivity index (χ1n) is 11.3. The van der Waals surface area contributed by atoms with Crippen molar-refractivity contribution in [1.29, 1.82) is 0 Å². The van der Waals surface area contributed by atoms with E-state index in [9.17, 15) is 0 Å². The van der Waals surface area contributed by atoms with Crippen LogP contribution in [0.1, 0.15) is 63.1 Å². The zero-order valence-corrected chi connectivity index (χ0v) is 18.6. The molecule has 0 aliphatic heterocycles. The second-order valence-electron chi connectivity index (χ2n) is 7.32. The van der Waals surface area contributed by atoms with Crippen LogP contribution in [0.3, 0.4) is 0 Å². The van der Waals surface area contributed by atoms with Crippen LogP contribution in [-0.4, -0.2) is 18.3 Å². The zero-order valence-electron chi connectivity index (χ0n) is 19.5. The number of hydrogen-bond donors (Lipinski definition) is 0. The topological polar surface area (TPSA) is 12.9 Å². The fourth-order valence-electron chi connectivity index (χ4n) is 4.64. The van der Waals surface area contributed by atoms with Gasteiger partial charge in [-0.3, -0.25) is 0 Å². The minimum atomic E-state index is -2.26. The quantitative estimate of drug-likeness (QED) is 0.448. The summed E-state index contributed by atoms with van der Waals surface area (Å²) in [4.78, 5) is 4.40. The van der Waals surface area contributed by atoms with E-state index in [2.05, 4.69) is 62.7 Å². The third-order valence-electron chi connectivity index (χ3n) is 6.23. The van der Waals surface area contributed by atoms with Gasteiger partial charge in [0, 0.05) is 0 Å². The molecule has 1 aromatic carbocycles. The molecule has 0 fully saturated rings. The first kappa shape index (κ1) is 16.1. The Morgan fingerprint density at radius 1 is 0.880 bits per heavy atom. The molecule has 0 radical (unpaired) electrons. The second-order valence-corrected chi connectivity index (χ2v) is 17.3. The van der Waals surface area contributed by atoms with E-state index in [0.717, 1.165) is 20.8 Å². The number of aryl methyl sites for hydroxylation is 1. The average Bonchev–Trinajstić information content (AvgIpc) is 2.69. The molecular formula is C23H35GeN. The molecule has 0 spiro atoms. The van der Waals surface area contributed by atoms with Crippen LogP contribution in [0.4, 0.5) is 0 Å². The molecule has 0 bridgehead atoms. The van der Waals surface area contributed by atoms with E-state index in [0.29, 0.717) is 0 Å². The molecule has 0 saturated heterocycles. The summed E-state index contributed by atoms with van der Waals surface area (Å²) in [5.41, 5.74) is 2.18. The zero-order chi connectivity index (χ0) is 20.9. The molecular weight excluding hydrogens is 363 g/mol. The number of rotatable bonds is 8. The molecule has 0 N–H and O–H groups in total. The van der Waals surface area contributed by atoms with E-state index in [1.165, 1.54) is 31.9 Å². The van der Waals surface area contributed by atoms with Gasteiger partial charge in [-0.1, -0.05) is 0 Å². The normalized spacial score (nSPS) is 14.4. The van der Waals surface area contributed by atoms with Gasteiger partial charge in [-0.2, -0.15) is 0 Å². The SMILES string of the molecule is [2H]C([2H])([2H])c1ccc(-c2cc[c]([Ge]([CH3])([CH](CC)CC)[CH](CC)CC)cc2)nc1.